The molecule has 0 aromatic carbocycles. The molecule has 0 amide bonds. The van der Waals surface area contributed by atoms with E-state index in [2.05, 4.69) is 22.4 Å². The van der Waals surface area contributed by atoms with Gasteiger partial charge in [0.2, 0.25) is 0 Å². The van der Waals surface area contributed by atoms with Gasteiger partial charge in [-0.3, -0.25) is 0 Å². The van der Waals surface area contributed by atoms with Gasteiger partial charge in [0, 0.05) is 13.0 Å². The molecule has 1 fully saturated rings. The van der Waals surface area contributed by atoms with E-state index in [4.69, 9.17) is 10.9 Å². The Kier molecular flexibility index (Phi) is 6.96. The van der Waals surface area contributed by atoms with Crippen molar-refractivity contribution in [3.8, 4) is 0 Å². The van der Waals surface area contributed by atoms with Crippen LogP contribution in [0.3, 0.4) is 0 Å². The van der Waals surface area contributed by atoms with Crippen molar-refractivity contribution >= 4 is 5.84 Å². The summed E-state index contributed by atoms with van der Waals surface area (Å²) in [5.74, 6) is 1.14. The fraction of sp³-hybridized carbons (Fsp3) is 0.917. The summed E-state index contributed by atoms with van der Waals surface area (Å²) in [6.07, 6.45) is 5.42. The Morgan fingerprint density at radius 2 is 2.35 bits per heavy atom. The van der Waals surface area contributed by atoms with E-state index < -0.39 is 0 Å². The molecule has 1 rings (SSSR count). The van der Waals surface area contributed by atoms with Gasteiger partial charge in [-0.1, -0.05) is 5.16 Å². The fourth-order valence-electron chi connectivity index (χ4n) is 2.35. The number of rotatable bonds is 7. The minimum atomic E-state index is 0.332. The van der Waals surface area contributed by atoms with Crippen LogP contribution in [0.4, 0.5) is 0 Å². The van der Waals surface area contributed by atoms with Crippen molar-refractivity contribution < 1.29 is 5.21 Å². The normalized spacial score (nSPS) is 22.9. The van der Waals surface area contributed by atoms with Crippen LogP contribution in [-0.2, 0) is 0 Å². The van der Waals surface area contributed by atoms with Crippen molar-refractivity contribution in [2.45, 2.75) is 32.1 Å². The van der Waals surface area contributed by atoms with Crippen molar-refractivity contribution in [1.82, 2.24) is 10.2 Å². The molecule has 0 radical (unpaired) electrons. The van der Waals surface area contributed by atoms with Gasteiger partial charge < -0.3 is 21.2 Å². The van der Waals surface area contributed by atoms with Crippen LogP contribution in [0, 0.1) is 5.92 Å². The Bertz CT molecular complexity index is 233. The first-order valence-corrected chi connectivity index (χ1v) is 6.58. The van der Waals surface area contributed by atoms with E-state index in [-0.39, 0.29) is 0 Å². The van der Waals surface area contributed by atoms with Crippen molar-refractivity contribution in [1.29, 1.82) is 0 Å². The lowest BCUT2D eigenvalue weighted by Gasteiger charge is -2.29. The maximum absolute atomic E-state index is 8.38. The SMILES string of the molecule is CN1CCCC(CNCCCCC(N)=NO)C1. The quantitative estimate of drug-likeness (QED) is 0.203. The highest BCUT2D eigenvalue weighted by atomic mass is 16.4. The van der Waals surface area contributed by atoms with E-state index in [0.717, 1.165) is 31.8 Å². The predicted octanol–water partition coefficient (Wildman–Crippen LogP) is 0.835. The average molecular weight is 242 g/mol. The van der Waals surface area contributed by atoms with Crippen molar-refractivity contribution in [2.75, 3.05) is 33.2 Å². The Balaban J connectivity index is 1.93. The molecule has 100 valence electrons. The average Bonchev–Trinajstić information content (AvgIpc) is 2.33. The van der Waals surface area contributed by atoms with Gasteiger partial charge in [0.15, 0.2) is 0 Å². The second-order valence-corrected chi connectivity index (χ2v) is 5.02. The number of hydrogen-bond acceptors (Lipinski definition) is 4. The topological polar surface area (TPSA) is 73.9 Å². The molecular weight excluding hydrogens is 216 g/mol. The van der Waals surface area contributed by atoms with Crippen LogP contribution in [0.25, 0.3) is 0 Å². The molecule has 17 heavy (non-hydrogen) atoms. The summed E-state index contributed by atoms with van der Waals surface area (Å²) >= 11 is 0. The van der Waals surface area contributed by atoms with E-state index >= 15 is 0 Å². The molecule has 5 nitrogen and oxygen atoms in total. The first kappa shape index (κ1) is 14.3. The molecular formula is C12H26N4O. The van der Waals surface area contributed by atoms with Crippen molar-refractivity contribution in [3.63, 3.8) is 0 Å². The number of hydrogen-bond donors (Lipinski definition) is 3. The van der Waals surface area contributed by atoms with Gasteiger partial charge in [-0.05, 0) is 58.3 Å². The van der Waals surface area contributed by atoms with Crippen LogP contribution >= 0.6 is 0 Å². The molecule has 0 spiro atoms. The second-order valence-electron chi connectivity index (χ2n) is 5.02. The minimum absolute atomic E-state index is 0.332. The lowest BCUT2D eigenvalue weighted by Crippen LogP contribution is -2.37. The summed E-state index contributed by atoms with van der Waals surface area (Å²) in [4.78, 5) is 2.41. The first-order valence-electron chi connectivity index (χ1n) is 6.58. The minimum Gasteiger partial charge on any atom is -0.409 e. The van der Waals surface area contributed by atoms with Crippen LogP contribution < -0.4 is 11.1 Å². The van der Waals surface area contributed by atoms with Gasteiger partial charge >= 0.3 is 0 Å². The van der Waals surface area contributed by atoms with E-state index in [1.807, 2.05) is 0 Å². The Hall–Kier alpha value is -0.810. The summed E-state index contributed by atoms with van der Waals surface area (Å²) in [6.45, 7) is 4.61. The molecule has 5 heteroatoms. The van der Waals surface area contributed by atoms with Crippen LogP contribution in [0.1, 0.15) is 32.1 Å². The molecule has 4 N–H and O–H groups in total. The van der Waals surface area contributed by atoms with Gasteiger partial charge in [-0.25, -0.2) is 0 Å². The molecule has 1 aliphatic heterocycles. The fourth-order valence-corrected chi connectivity index (χ4v) is 2.35. The highest BCUT2D eigenvalue weighted by Gasteiger charge is 2.16. The molecule has 0 bridgehead atoms. The number of nitrogens with zero attached hydrogens (tertiary/aromatic N) is 2. The number of nitrogens with two attached hydrogens (primary N) is 1. The molecule has 0 saturated carbocycles. The van der Waals surface area contributed by atoms with E-state index in [1.54, 1.807) is 0 Å². The smallest absolute Gasteiger partial charge is 0.139 e. The van der Waals surface area contributed by atoms with Crippen molar-refractivity contribution in [2.24, 2.45) is 16.8 Å². The van der Waals surface area contributed by atoms with E-state index in [9.17, 15) is 0 Å². The highest BCUT2D eigenvalue weighted by molar-refractivity contribution is 5.79. The number of oxime groups is 1. The first-order chi connectivity index (χ1) is 8.22. The maximum Gasteiger partial charge on any atom is 0.139 e. The number of nitrogens with one attached hydrogen (secondary N) is 1. The summed E-state index contributed by atoms with van der Waals surface area (Å²) < 4.78 is 0. The van der Waals surface area contributed by atoms with Gasteiger partial charge in [-0.2, -0.15) is 0 Å². The van der Waals surface area contributed by atoms with Crippen LogP contribution in [0.15, 0.2) is 5.16 Å². The molecule has 1 aliphatic rings. The van der Waals surface area contributed by atoms with E-state index in [0.29, 0.717) is 12.3 Å². The van der Waals surface area contributed by atoms with Gasteiger partial charge in [0.25, 0.3) is 0 Å². The Morgan fingerprint density at radius 3 is 3.06 bits per heavy atom. The second kappa shape index (κ2) is 8.31. The number of amidine groups is 1. The molecule has 0 aliphatic carbocycles. The van der Waals surface area contributed by atoms with Gasteiger partial charge in [0.1, 0.15) is 5.84 Å². The molecule has 1 heterocycles. The zero-order valence-corrected chi connectivity index (χ0v) is 10.9. The van der Waals surface area contributed by atoms with Gasteiger partial charge in [0.05, 0.1) is 0 Å². The standard InChI is InChI=1S/C12H26N4O/c1-16-8-4-5-11(10-16)9-14-7-3-2-6-12(13)15-17/h11,14,17H,2-10H2,1H3,(H2,13,15). The Labute approximate surface area is 104 Å². The molecule has 0 aromatic heterocycles. The van der Waals surface area contributed by atoms with Crippen LogP contribution in [0.5, 0.6) is 0 Å². The van der Waals surface area contributed by atoms with Gasteiger partial charge in [-0.15, -0.1) is 0 Å². The summed E-state index contributed by atoms with van der Waals surface area (Å²) in [7, 11) is 2.20. The number of piperidine rings is 1. The monoisotopic (exact) mass is 242 g/mol. The third-order valence-electron chi connectivity index (χ3n) is 3.32. The van der Waals surface area contributed by atoms with Crippen LogP contribution in [-0.4, -0.2) is 49.2 Å². The zero-order chi connectivity index (χ0) is 12.5. The highest BCUT2D eigenvalue weighted by Crippen LogP contribution is 2.13. The molecule has 1 atom stereocenters. The summed E-state index contributed by atoms with van der Waals surface area (Å²) in [5, 5.41) is 14.8. The zero-order valence-electron chi connectivity index (χ0n) is 10.9. The lowest BCUT2D eigenvalue weighted by atomic mass is 9.98. The summed E-state index contributed by atoms with van der Waals surface area (Å²) in [5.41, 5.74) is 5.39. The largest absolute Gasteiger partial charge is 0.409 e. The molecule has 1 unspecified atom stereocenters. The van der Waals surface area contributed by atoms with Crippen molar-refractivity contribution in [3.05, 3.63) is 0 Å². The number of unbranched alkanes of at least 4 members (excludes halogenated alkanes) is 1. The Morgan fingerprint density at radius 1 is 1.53 bits per heavy atom. The predicted molar refractivity (Wildman–Crippen MR) is 70.4 cm³/mol. The summed E-state index contributed by atoms with van der Waals surface area (Å²) in [6, 6.07) is 0. The third kappa shape index (κ3) is 6.48. The maximum atomic E-state index is 8.38. The molecule has 1 saturated heterocycles. The third-order valence-corrected chi connectivity index (χ3v) is 3.32. The lowest BCUT2D eigenvalue weighted by molar-refractivity contribution is 0.206. The molecule has 0 aromatic rings. The van der Waals surface area contributed by atoms with Crippen LogP contribution in [0.2, 0.25) is 0 Å². The number of likely N-dealkylation sites (tertiary alicyclic amines) is 1. The van der Waals surface area contributed by atoms with E-state index in [1.165, 1.54) is 25.9 Å².